The maximum absolute atomic E-state index is 11.2. The number of hydrogen-bond donors (Lipinski definition) is 2. The molecule has 0 amide bonds. The average molecular weight is 311 g/mol. The molecule has 2 N–H and O–H groups in total. The number of hydrogen-bond acceptors (Lipinski definition) is 4. The Morgan fingerprint density at radius 3 is 2.10 bits per heavy atom. The summed E-state index contributed by atoms with van der Waals surface area (Å²) in [7, 11) is -3.21. The molecule has 118 valence electrons. The Morgan fingerprint density at radius 2 is 1.62 bits per heavy atom. The molecule has 1 aliphatic heterocycles. The van der Waals surface area contributed by atoms with Crippen molar-refractivity contribution < 1.29 is 8.42 Å². The summed E-state index contributed by atoms with van der Waals surface area (Å²) < 4.78 is 24.8. The smallest absolute Gasteiger partial charge is 0.229 e. The van der Waals surface area contributed by atoms with Crippen LogP contribution >= 0.6 is 0 Å². The monoisotopic (exact) mass is 311 g/mol. The first kappa shape index (κ1) is 16.1. The highest BCUT2D eigenvalue weighted by Crippen LogP contribution is 2.20. The SMILES string of the molecule is CC(C)N1CCC(Nc2ccc(NS(C)(=O)=O)cc2)CC1. The fourth-order valence-corrected chi connectivity index (χ4v) is 3.21. The van der Waals surface area contributed by atoms with Crippen molar-refractivity contribution in [2.75, 3.05) is 29.4 Å². The van der Waals surface area contributed by atoms with Crippen molar-refractivity contribution in [2.45, 2.75) is 38.8 Å². The summed E-state index contributed by atoms with van der Waals surface area (Å²) in [5.74, 6) is 0. The van der Waals surface area contributed by atoms with Gasteiger partial charge in [-0.25, -0.2) is 8.42 Å². The van der Waals surface area contributed by atoms with Gasteiger partial charge in [0.25, 0.3) is 0 Å². The van der Waals surface area contributed by atoms with Gasteiger partial charge < -0.3 is 10.2 Å². The second-order valence-corrected chi connectivity index (χ2v) is 7.75. The van der Waals surface area contributed by atoms with Gasteiger partial charge in [0.1, 0.15) is 0 Å². The summed E-state index contributed by atoms with van der Waals surface area (Å²) in [5, 5.41) is 3.53. The van der Waals surface area contributed by atoms with Crippen LogP contribution in [0.25, 0.3) is 0 Å². The molecule has 0 saturated carbocycles. The number of nitrogens with zero attached hydrogens (tertiary/aromatic N) is 1. The Balaban J connectivity index is 1.87. The first-order chi connectivity index (χ1) is 9.83. The Hall–Kier alpha value is -1.27. The van der Waals surface area contributed by atoms with Crippen LogP contribution in [0.5, 0.6) is 0 Å². The van der Waals surface area contributed by atoms with Gasteiger partial charge in [0.2, 0.25) is 10.0 Å². The second kappa shape index (κ2) is 6.66. The largest absolute Gasteiger partial charge is 0.382 e. The van der Waals surface area contributed by atoms with E-state index in [1.807, 2.05) is 12.1 Å². The van der Waals surface area contributed by atoms with E-state index in [1.54, 1.807) is 12.1 Å². The molecule has 5 nitrogen and oxygen atoms in total. The van der Waals surface area contributed by atoms with E-state index >= 15 is 0 Å². The Bertz CT molecular complexity index is 547. The van der Waals surface area contributed by atoms with Crippen molar-refractivity contribution in [1.82, 2.24) is 4.90 Å². The molecule has 0 bridgehead atoms. The predicted molar refractivity (Wildman–Crippen MR) is 88.3 cm³/mol. The van der Waals surface area contributed by atoms with E-state index in [2.05, 4.69) is 28.8 Å². The number of benzene rings is 1. The predicted octanol–water partition coefficient (Wildman–Crippen LogP) is 2.34. The summed E-state index contributed by atoms with van der Waals surface area (Å²) in [4.78, 5) is 2.50. The van der Waals surface area contributed by atoms with Gasteiger partial charge in [-0.2, -0.15) is 0 Å². The van der Waals surface area contributed by atoms with E-state index < -0.39 is 10.0 Å². The third-order valence-corrected chi connectivity index (χ3v) is 4.43. The van der Waals surface area contributed by atoms with Gasteiger partial charge in [-0.15, -0.1) is 0 Å². The van der Waals surface area contributed by atoms with Crippen LogP contribution in [0.4, 0.5) is 11.4 Å². The van der Waals surface area contributed by atoms with E-state index in [0.717, 1.165) is 37.9 Å². The maximum atomic E-state index is 11.2. The minimum absolute atomic E-state index is 0.494. The third-order valence-electron chi connectivity index (χ3n) is 3.82. The Morgan fingerprint density at radius 1 is 1.10 bits per heavy atom. The molecule has 2 rings (SSSR count). The molecule has 1 aromatic carbocycles. The third kappa shape index (κ3) is 5.21. The minimum Gasteiger partial charge on any atom is -0.382 e. The lowest BCUT2D eigenvalue weighted by atomic mass is 10.0. The maximum Gasteiger partial charge on any atom is 0.229 e. The van der Waals surface area contributed by atoms with Crippen LogP contribution in [0.3, 0.4) is 0 Å². The fraction of sp³-hybridized carbons (Fsp3) is 0.600. The summed E-state index contributed by atoms with van der Waals surface area (Å²) >= 11 is 0. The van der Waals surface area contributed by atoms with Gasteiger partial charge in [-0.05, 0) is 51.0 Å². The van der Waals surface area contributed by atoms with E-state index in [9.17, 15) is 8.42 Å². The lowest BCUT2D eigenvalue weighted by Crippen LogP contribution is -2.42. The molecule has 1 fully saturated rings. The molecule has 0 aliphatic carbocycles. The lowest BCUT2D eigenvalue weighted by Gasteiger charge is -2.35. The highest BCUT2D eigenvalue weighted by Gasteiger charge is 2.20. The molecular weight excluding hydrogens is 286 g/mol. The molecule has 0 unspecified atom stereocenters. The Kier molecular flexibility index (Phi) is 5.11. The molecule has 1 saturated heterocycles. The van der Waals surface area contributed by atoms with Gasteiger partial charge in [-0.3, -0.25) is 4.72 Å². The number of sulfonamides is 1. The first-order valence-corrected chi connectivity index (χ1v) is 9.31. The van der Waals surface area contributed by atoms with E-state index in [1.165, 1.54) is 0 Å². The molecule has 1 aliphatic rings. The van der Waals surface area contributed by atoms with Crippen molar-refractivity contribution in [3.63, 3.8) is 0 Å². The molecule has 1 aromatic rings. The average Bonchev–Trinajstić information content (AvgIpc) is 2.40. The van der Waals surface area contributed by atoms with Crippen molar-refractivity contribution >= 4 is 21.4 Å². The standard InChI is InChI=1S/C15H25N3O2S/c1-12(2)18-10-8-14(9-11-18)16-13-4-6-15(7-5-13)17-21(3,19)20/h4-7,12,14,16-17H,8-11H2,1-3H3. The van der Waals surface area contributed by atoms with Crippen molar-refractivity contribution in [3.05, 3.63) is 24.3 Å². The lowest BCUT2D eigenvalue weighted by molar-refractivity contribution is 0.177. The van der Waals surface area contributed by atoms with Crippen LogP contribution in [0.1, 0.15) is 26.7 Å². The van der Waals surface area contributed by atoms with Crippen LogP contribution in [-0.2, 0) is 10.0 Å². The van der Waals surface area contributed by atoms with Gasteiger partial charge in [0, 0.05) is 36.5 Å². The van der Waals surface area contributed by atoms with E-state index in [-0.39, 0.29) is 0 Å². The van der Waals surface area contributed by atoms with Gasteiger partial charge in [0.05, 0.1) is 6.26 Å². The van der Waals surface area contributed by atoms with Crippen LogP contribution in [0.2, 0.25) is 0 Å². The number of piperidine rings is 1. The number of likely N-dealkylation sites (tertiary alicyclic amines) is 1. The minimum atomic E-state index is -3.21. The van der Waals surface area contributed by atoms with Gasteiger partial charge >= 0.3 is 0 Å². The molecule has 0 atom stereocenters. The zero-order chi connectivity index (χ0) is 15.5. The number of rotatable bonds is 5. The second-order valence-electron chi connectivity index (χ2n) is 6.00. The number of nitrogens with one attached hydrogen (secondary N) is 2. The van der Waals surface area contributed by atoms with Crippen molar-refractivity contribution in [1.29, 1.82) is 0 Å². The zero-order valence-electron chi connectivity index (χ0n) is 13.0. The topological polar surface area (TPSA) is 61.4 Å². The molecule has 0 aromatic heterocycles. The van der Waals surface area contributed by atoms with Gasteiger partial charge in [-0.1, -0.05) is 0 Å². The van der Waals surface area contributed by atoms with E-state index in [4.69, 9.17) is 0 Å². The van der Waals surface area contributed by atoms with E-state index in [0.29, 0.717) is 17.8 Å². The number of anilines is 2. The normalized spacial score (nSPS) is 17.9. The fourth-order valence-electron chi connectivity index (χ4n) is 2.64. The summed E-state index contributed by atoms with van der Waals surface area (Å²) in [6.07, 6.45) is 3.44. The van der Waals surface area contributed by atoms with Crippen LogP contribution in [-0.4, -0.2) is 44.7 Å². The molecule has 1 heterocycles. The molecule has 21 heavy (non-hydrogen) atoms. The zero-order valence-corrected chi connectivity index (χ0v) is 13.8. The first-order valence-electron chi connectivity index (χ1n) is 7.42. The van der Waals surface area contributed by atoms with Crippen LogP contribution in [0, 0.1) is 0 Å². The van der Waals surface area contributed by atoms with Crippen LogP contribution < -0.4 is 10.0 Å². The van der Waals surface area contributed by atoms with Crippen molar-refractivity contribution in [2.24, 2.45) is 0 Å². The molecule has 0 spiro atoms. The Labute approximate surface area is 127 Å². The van der Waals surface area contributed by atoms with Gasteiger partial charge in [0.15, 0.2) is 0 Å². The quantitative estimate of drug-likeness (QED) is 0.876. The molecule has 0 radical (unpaired) electrons. The summed E-state index contributed by atoms with van der Waals surface area (Å²) in [6, 6.07) is 8.52. The van der Waals surface area contributed by atoms with Crippen molar-refractivity contribution in [3.8, 4) is 0 Å². The molecule has 6 heteroatoms. The summed E-state index contributed by atoms with van der Waals surface area (Å²) in [6.45, 7) is 6.73. The highest BCUT2D eigenvalue weighted by atomic mass is 32.2. The highest BCUT2D eigenvalue weighted by molar-refractivity contribution is 7.92. The van der Waals surface area contributed by atoms with Crippen LogP contribution in [0.15, 0.2) is 24.3 Å². The molecular formula is C15H25N3O2S. The summed E-state index contributed by atoms with van der Waals surface area (Å²) in [5.41, 5.74) is 1.63.